The third-order valence-electron chi connectivity index (χ3n) is 13.8. The number of halogens is 8. The maximum absolute atomic E-state index is 12.4. The molecule has 514 valence electrons. The predicted molar refractivity (Wildman–Crippen MR) is 389 cm³/mol. The molecule has 0 bridgehead atoms. The van der Waals surface area contributed by atoms with Gasteiger partial charge in [0.1, 0.15) is 29.3 Å². The van der Waals surface area contributed by atoms with Crippen LogP contribution in [0.15, 0.2) is 117 Å². The second-order valence-electron chi connectivity index (χ2n) is 20.2. The molecule has 4 fully saturated rings. The predicted octanol–water partition coefficient (Wildman–Crippen LogP) is 15.2. The van der Waals surface area contributed by atoms with Crippen molar-refractivity contribution in [1.29, 1.82) is 0 Å². The van der Waals surface area contributed by atoms with Crippen LogP contribution in [0.5, 0.6) is 23.0 Å². The fourth-order valence-electron chi connectivity index (χ4n) is 9.48. The summed E-state index contributed by atoms with van der Waals surface area (Å²) in [5.41, 5.74) is -0.594. The van der Waals surface area contributed by atoms with E-state index in [1.165, 1.54) is 61.9 Å². The van der Waals surface area contributed by atoms with E-state index < -0.39 is 36.9 Å². The van der Waals surface area contributed by atoms with E-state index in [2.05, 4.69) is 105 Å². The summed E-state index contributed by atoms with van der Waals surface area (Å²) >= 11 is 26.2. The molecule has 20 nitrogen and oxygen atoms in total. The molecule has 4 saturated heterocycles. The van der Waals surface area contributed by atoms with Gasteiger partial charge in [-0.25, -0.2) is 0 Å². The molecule has 5 atom stereocenters. The monoisotopic (exact) mass is 1660 g/mol. The highest BCUT2D eigenvalue weighted by atomic mass is 79.9. The van der Waals surface area contributed by atoms with Crippen LogP contribution in [0.2, 0.25) is 0 Å². The SMILES string of the molecule is BrB(Br)Br.CCOP(=O)(COc1ccc([C@H]2CN3CCSC3=N2)cc1)OCC.CCOP(C)(=O)COS(=O)(=O)C(F)(F)F.COc1ccc(C2CN3CCSC3=N2)cc1.COc1ccc([C@H]2CN3CCSC3=N2)cc1.ClCCl.Oc1ccc([C@H]2CN3CCSC3=N2)cc1. The van der Waals surface area contributed by atoms with E-state index in [1.807, 2.05) is 108 Å². The second-order valence-corrected chi connectivity index (χ2v) is 37.9. The Morgan fingerprint density at radius 3 is 1.12 bits per heavy atom. The molecule has 1 N–H and O–H groups in total. The first-order valence-electron chi connectivity index (χ1n) is 29.1. The molecule has 8 aliphatic heterocycles. The Bertz CT molecular complexity index is 3230. The largest absolute Gasteiger partial charge is 0.523 e. The fraction of sp³-hybridized carbons (Fsp3) is 0.509. The lowest BCUT2D eigenvalue weighted by Gasteiger charge is -2.17. The van der Waals surface area contributed by atoms with Crippen molar-refractivity contribution in [2.24, 2.45) is 20.0 Å². The van der Waals surface area contributed by atoms with Crippen molar-refractivity contribution in [3.05, 3.63) is 119 Å². The highest BCUT2D eigenvalue weighted by molar-refractivity contribution is 9.69. The van der Waals surface area contributed by atoms with E-state index in [0.717, 1.165) is 81.4 Å². The maximum atomic E-state index is 12.4. The minimum absolute atomic E-state index is 0.0107. The summed E-state index contributed by atoms with van der Waals surface area (Å²) in [6, 6.07) is 32.7. The topological polar surface area (TPSA) is 216 Å². The molecule has 2 unspecified atom stereocenters. The highest BCUT2D eigenvalue weighted by Gasteiger charge is 2.48. The number of phenolic OH excluding ortho intramolecular Hbond substituents is 1. The Hall–Kier alpha value is -2.52. The van der Waals surface area contributed by atoms with Gasteiger partial charge in [0.05, 0.1) is 63.5 Å². The number of amidine groups is 4. The average molecular weight is 1660 g/mol. The molecule has 4 aromatic rings. The molecule has 0 radical (unpaired) electrons. The zero-order valence-corrected chi connectivity index (χ0v) is 64.0. The van der Waals surface area contributed by atoms with E-state index in [-0.39, 0.29) is 33.6 Å². The molecule has 0 spiro atoms. The van der Waals surface area contributed by atoms with Gasteiger partial charge in [-0.15, -0.1) is 70.5 Å². The zero-order valence-electron chi connectivity index (χ0n) is 51.8. The van der Waals surface area contributed by atoms with Gasteiger partial charge >= 0.3 is 26.4 Å². The van der Waals surface area contributed by atoms with E-state index in [0.29, 0.717) is 36.8 Å². The van der Waals surface area contributed by atoms with Crippen molar-refractivity contribution in [3.8, 4) is 23.0 Å². The van der Waals surface area contributed by atoms with Gasteiger partial charge < -0.3 is 52.5 Å². The number of methoxy groups -OCH3 is 2. The van der Waals surface area contributed by atoms with Crippen LogP contribution in [-0.4, -0.2) is 197 Å². The van der Waals surface area contributed by atoms with E-state index in [9.17, 15) is 35.8 Å². The Morgan fingerprint density at radius 2 is 0.849 bits per heavy atom. The van der Waals surface area contributed by atoms with Crippen molar-refractivity contribution >= 4 is 166 Å². The normalized spacial score (nSPS) is 20.4. The number of hydrogen-bond donors (Lipinski definition) is 1. The molecule has 12 rings (SSSR count). The van der Waals surface area contributed by atoms with E-state index in [1.54, 1.807) is 40.2 Å². The van der Waals surface area contributed by atoms with Crippen LogP contribution in [0.1, 0.15) is 67.2 Å². The molecule has 4 aromatic carbocycles. The molecule has 93 heavy (non-hydrogen) atoms. The van der Waals surface area contributed by atoms with Crippen molar-refractivity contribution in [1.82, 2.24) is 19.6 Å². The van der Waals surface area contributed by atoms with Crippen LogP contribution < -0.4 is 14.2 Å². The quantitative estimate of drug-likeness (QED) is 0.0322. The third kappa shape index (κ3) is 25.6. The first kappa shape index (κ1) is 79.5. The van der Waals surface area contributed by atoms with Gasteiger partial charge in [0.15, 0.2) is 27.0 Å². The number of nitrogens with zero attached hydrogens (tertiary/aromatic N) is 8. The Balaban J connectivity index is 0.000000182. The van der Waals surface area contributed by atoms with Crippen molar-refractivity contribution < 1.29 is 67.8 Å². The van der Waals surface area contributed by atoms with Crippen molar-refractivity contribution in [3.63, 3.8) is 0 Å². The lowest BCUT2D eigenvalue weighted by Crippen LogP contribution is -2.26. The molecule has 36 heteroatoms. The van der Waals surface area contributed by atoms with Crippen molar-refractivity contribution in [2.45, 2.75) is 50.4 Å². The molecule has 0 aliphatic carbocycles. The summed E-state index contributed by atoms with van der Waals surface area (Å²) in [6.07, 6.45) is -1.20. The third-order valence-corrected chi connectivity index (χ3v) is 22.2. The van der Waals surface area contributed by atoms with Crippen LogP contribution in [0.3, 0.4) is 0 Å². The van der Waals surface area contributed by atoms with Gasteiger partial charge in [0.2, 0.25) is 7.37 Å². The molecule has 8 heterocycles. The van der Waals surface area contributed by atoms with E-state index >= 15 is 0 Å². The number of alkyl halides is 5. The Labute approximate surface area is 595 Å². The number of aromatic hydroxyl groups is 1. The fourth-order valence-corrected chi connectivity index (χ4v) is 17.0. The first-order chi connectivity index (χ1) is 44.4. The molecule has 0 saturated carbocycles. The van der Waals surface area contributed by atoms with Crippen LogP contribution in [-0.2, 0) is 37.0 Å². The van der Waals surface area contributed by atoms with Crippen LogP contribution >= 0.6 is 132 Å². The average Bonchev–Trinajstić information content (AvgIpc) is 1.86. The summed E-state index contributed by atoms with van der Waals surface area (Å²) in [5.74, 6) is 7.47. The molecule has 0 amide bonds. The minimum Gasteiger partial charge on any atom is -0.508 e. The molecule has 0 aromatic heterocycles. The summed E-state index contributed by atoms with van der Waals surface area (Å²) < 4.78 is 114. The van der Waals surface area contributed by atoms with Gasteiger partial charge in [-0.2, -0.15) is 21.6 Å². The van der Waals surface area contributed by atoms with Crippen molar-refractivity contribution in [2.75, 3.05) is 134 Å². The van der Waals surface area contributed by atoms with Gasteiger partial charge in [-0.1, -0.05) is 95.6 Å². The minimum atomic E-state index is -5.70. The summed E-state index contributed by atoms with van der Waals surface area (Å²) in [4.78, 5) is 28.3. The maximum Gasteiger partial charge on any atom is 0.523 e. The van der Waals surface area contributed by atoms with Crippen LogP contribution in [0, 0.1) is 0 Å². The lowest BCUT2D eigenvalue weighted by molar-refractivity contribution is -0.0532. The smallest absolute Gasteiger partial charge is 0.508 e. The number of phenols is 1. The molecule has 8 aliphatic rings. The molecular weight excluding hydrogens is 1590 g/mol. The van der Waals surface area contributed by atoms with E-state index in [4.69, 9.17) is 61.4 Å². The number of aliphatic imine (C=N–C) groups is 4. The Morgan fingerprint density at radius 1 is 0.559 bits per heavy atom. The number of benzene rings is 4. The lowest BCUT2D eigenvalue weighted by atomic mass is 10.1. The van der Waals surface area contributed by atoms with Gasteiger partial charge in [0.25, 0.3) is 0 Å². The summed E-state index contributed by atoms with van der Waals surface area (Å²) in [5, 5.41) is 14.2. The summed E-state index contributed by atoms with van der Waals surface area (Å²) in [7, 11) is -8.96. The number of rotatable bonds is 18. The number of hydrogen-bond acceptors (Lipinski definition) is 24. The van der Waals surface area contributed by atoms with Gasteiger partial charge in [0, 0.05) is 82.0 Å². The van der Waals surface area contributed by atoms with Crippen LogP contribution in [0.25, 0.3) is 0 Å². The standard InChI is InChI=1S/C16H23N2O4PS.2C12H14N2OS.C11H12N2OS.C5H10F3O5PS.CH2Cl2.BBr3/c1-3-21-23(19,22-4-2)12-20-14-7-5-13(6-8-14)15-11-18-9-10-24-16(18)17-15;2*1-15-10-4-2-9(3-5-10)11-8-14-6-7-16-12(14)13-11;14-9-3-1-8(2-4-9)10-7-13-5-6-15-11(13)12-10;1-3-12-14(2,9)4-13-15(10,11)5(6,7)8;2-1-3;2-1(3)4/h5-8,15H,3-4,9-12H2,1-2H3;2*2-5,11H,6-8H2,1H3;1-4,10,14H,5-7H2;3-4H2,1-2H3;1H2;/t15-;11-;;10-;;;/m11.1.../s1. The Kier molecular flexibility index (Phi) is 33.6. The highest BCUT2D eigenvalue weighted by Crippen LogP contribution is 2.48. The zero-order chi connectivity index (χ0) is 67.8. The number of thioether (sulfide) groups is 4. The van der Waals surface area contributed by atoms with Crippen LogP contribution in [0.4, 0.5) is 13.2 Å². The molecular formula is C57H75BBr3Cl2F3N8O12P2S5. The van der Waals surface area contributed by atoms with Gasteiger partial charge in [-0.05, 0) is 91.6 Å². The number of ether oxygens (including phenoxy) is 3. The summed E-state index contributed by atoms with van der Waals surface area (Å²) in [6.45, 7) is 15.2. The van der Waals surface area contributed by atoms with Gasteiger partial charge in [-0.3, -0.25) is 33.3 Å². The first-order valence-corrected chi connectivity index (χ1v) is 42.2. The number of fused-ring (bicyclic) bond motifs is 4. The second kappa shape index (κ2) is 39.3.